The number of carbonyl (C=O) groups excluding carboxylic acids is 2. The van der Waals surface area contributed by atoms with E-state index in [1.54, 1.807) is 24.4 Å². The predicted octanol–water partition coefficient (Wildman–Crippen LogP) is 4.95. The van der Waals surface area contributed by atoms with Gasteiger partial charge in [-0.3, -0.25) is 19.9 Å². The van der Waals surface area contributed by atoms with E-state index >= 15 is 0 Å². The molecule has 1 aromatic heterocycles. The maximum absolute atomic E-state index is 12.0. The van der Waals surface area contributed by atoms with Gasteiger partial charge in [0.1, 0.15) is 16.7 Å². The smallest absolute Gasteiger partial charge is 0.286 e. The van der Waals surface area contributed by atoms with Gasteiger partial charge in [-0.2, -0.15) is 0 Å². The second-order valence-corrected chi connectivity index (χ2v) is 8.16. The molecule has 4 rings (SSSR count). The summed E-state index contributed by atoms with van der Waals surface area (Å²) in [7, 11) is 0. The van der Waals surface area contributed by atoms with E-state index in [-0.39, 0.29) is 17.1 Å². The van der Waals surface area contributed by atoms with Crippen molar-refractivity contribution in [3.05, 3.63) is 51.8 Å². The van der Waals surface area contributed by atoms with Crippen molar-refractivity contribution >= 4 is 46.1 Å². The summed E-state index contributed by atoms with van der Waals surface area (Å²) < 4.78 is 5.84. The zero-order valence-electron chi connectivity index (χ0n) is 13.5. The van der Waals surface area contributed by atoms with Gasteiger partial charge in [0.25, 0.3) is 5.24 Å². The average molecular weight is 409 g/mol. The average Bonchev–Trinajstić information content (AvgIpc) is 2.95. The Labute approximate surface area is 164 Å². The molecule has 134 valence electrons. The minimum atomic E-state index is -0.411. The first-order valence-electron chi connectivity index (χ1n) is 8.14. The number of fused-ring (bicyclic) bond motifs is 1. The fourth-order valence-electron chi connectivity index (χ4n) is 3.35. The first-order chi connectivity index (χ1) is 12.5. The lowest BCUT2D eigenvalue weighted by atomic mass is 9.84. The number of rotatable bonds is 3. The second-order valence-electron chi connectivity index (χ2n) is 6.21. The van der Waals surface area contributed by atoms with Gasteiger partial charge in [0.15, 0.2) is 0 Å². The zero-order valence-corrected chi connectivity index (χ0v) is 15.8. The second kappa shape index (κ2) is 7.10. The Hall–Kier alpha value is -1.76. The molecule has 2 atom stereocenters. The highest BCUT2D eigenvalue weighted by Crippen LogP contribution is 2.41. The number of carbonyl (C=O) groups is 2. The molecule has 0 saturated carbocycles. The minimum absolute atomic E-state index is 0.0663. The number of benzene rings is 1. The van der Waals surface area contributed by atoms with Crippen molar-refractivity contribution in [1.82, 2.24) is 10.3 Å². The van der Waals surface area contributed by atoms with E-state index < -0.39 is 5.25 Å². The molecule has 2 heterocycles. The number of hydrogen-bond donors (Lipinski definition) is 1. The fraction of sp³-hybridized carbons (Fsp3) is 0.278. The lowest BCUT2D eigenvalue weighted by molar-refractivity contribution is -0.119. The molecule has 26 heavy (non-hydrogen) atoms. The highest BCUT2D eigenvalue weighted by molar-refractivity contribution is 8.15. The van der Waals surface area contributed by atoms with Gasteiger partial charge in [0.05, 0.1) is 11.2 Å². The molecular weight excluding hydrogens is 395 g/mol. The molecule has 1 aliphatic heterocycles. The van der Waals surface area contributed by atoms with Crippen molar-refractivity contribution in [3.63, 3.8) is 0 Å². The Bertz CT molecular complexity index is 906. The standard InChI is InChI=1S/C18H14Cl2N2O3S/c19-10-4-5-14(13(20)7-10)25-11-6-9-2-1-3-12(15(9)21-8-11)16-17(23)22-18(24)26-16/h4-8,12,16H,1-3H2,(H,22,23,24)/t12-,16?/m0/s1. The number of aromatic nitrogens is 1. The van der Waals surface area contributed by atoms with Gasteiger partial charge in [-0.1, -0.05) is 35.0 Å². The molecule has 2 amide bonds. The number of hydrogen-bond acceptors (Lipinski definition) is 5. The molecule has 2 aromatic rings. The number of aryl methyl sites for hydroxylation is 1. The van der Waals surface area contributed by atoms with Crippen molar-refractivity contribution in [2.75, 3.05) is 0 Å². The maximum Gasteiger partial charge on any atom is 0.286 e. The van der Waals surface area contributed by atoms with E-state index in [4.69, 9.17) is 27.9 Å². The quantitative estimate of drug-likeness (QED) is 0.777. The third-order valence-electron chi connectivity index (χ3n) is 4.49. The molecule has 0 spiro atoms. The van der Waals surface area contributed by atoms with E-state index in [1.165, 1.54) is 0 Å². The summed E-state index contributed by atoms with van der Waals surface area (Å²) >= 11 is 13.1. The van der Waals surface area contributed by atoms with Gasteiger partial charge in [-0.25, -0.2) is 0 Å². The summed E-state index contributed by atoms with van der Waals surface area (Å²) in [6, 6.07) is 6.96. The largest absolute Gasteiger partial charge is 0.454 e. The van der Waals surface area contributed by atoms with Crippen LogP contribution in [0.15, 0.2) is 30.5 Å². The number of nitrogens with zero attached hydrogens (tertiary/aromatic N) is 1. The monoisotopic (exact) mass is 408 g/mol. The first kappa shape index (κ1) is 17.6. The van der Waals surface area contributed by atoms with Crippen LogP contribution < -0.4 is 10.1 Å². The topological polar surface area (TPSA) is 68.3 Å². The lowest BCUT2D eigenvalue weighted by Gasteiger charge is -2.27. The molecule has 8 heteroatoms. The van der Waals surface area contributed by atoms with Crippen LogP contribution in [0.25, 0.3) is 0 Å². The Morgan fingerprint density at radius 1 is 1.23 bits per heavy atom. The summed E-state index contributed by atoms with van der Waals surface area (Å²) in [5.74, 6) is 0.783. The van der Waals surface area contributed by atoms with Gasteiger partial charge < -0.3 is 4.74 Å². The summed E-state index contributed by atoms with van der Waals surface area (Å²) in [6.07, 6.45) is 4.25. The van der Waals surface area contributed by atoms with Crippen LogP contribution in [0.1, 0.15) is 30.0 Å². The number of pyridine rings is 1. The molecule has 1 aromatic carbocycles. The van der Waals surface area contributed by atoms with Gasteiger partial charge in [-0.05, 0) is 49.1 Å². The van der Waals surface area contributed by atoms with E-state index in [1.807, 2.05) is 6.07 Å². The highest BCUT2D eigenvalue weighted by atomic mass is 35.5. The number of thioether (sulfide) groups is 1. The van der Waals surface area contributed by atoms with Crippen LogP contribution in [0.5, 0.6) is 11.5 Å². The van der Waals surface area contributed by atoms with Gasteiger partial charge >= 0.3 is 0 Å². The van der Waals surface area contributed by atoms with E-state index in [0.29, 0.717) is 21.5 Å². The molecular formula is C18H14Cl2N2O3S. The molecule has 1 unspecified atom stereocenters. The van der Waals surface area contributed by atoms with Crippen molar-refractivity contribution in [2.24, 2.45) is 0 Å². The molecule has 1 saturated heterocycles. The molecule has 2 aliphatic rings. The van der Waals surface area contributed by atoms with Crippen LogP contribution in [-0.4, -0.2) is 21.4 Å². The molecule has 1 fully saturated rings. The van der Waals surface area contributed by atoms with E-state index in [9.17, 15) is 9.59 Å². The number of ether oxygens (including phenoxy) is 1. The lowest BCUT2D eigenvalue weighted by Crippen LogP contribution is -2.30. The Morgan fingerprint density at radius 3 is 2.81 bits per heavy atom. The van der Waals surface area contributed by atoms with E-state index in [2.05, 4.69) is 10.3 Å². The van der Waals surface area contributed by atoms with E-state index in [0.717, 1.165) is 42.3 Å². The molecule has 0 radical (unpaired) electrons. The van der Waals surface area contributed by atoms with Crippen LogP contribution >= 0.6 is 35.0 Å². The van der Waals surface area contributed by atoms with Gasteiger partial charge in [-0.15, -0.1) is 0 Å². The number of imide groups is 1. The SMILES string of the molecule is O=C1NC(=O)C([C@H]2CCCc3cc(Oc4ccc(Cl)cc4Cl)cnc32)S1. The van der Waals surface area contributed by atoms with Crippen molar-refractivity contribution in [2.45, 2.75) is 30.4 Å². The van der Waals surface area contributed by atoms with Gasteiger partial charge in [0, 0.05) is 16.6 Å². The third kappa shape index (κ3) is 3.41. The van der Waals surface area contributed by atoms with Crippen molar-refractivity contribution in [3.8, 4) is 11.5 Å². The number of halogens is 2. The summed E-state index contributed by atoms with van der Waals surface area (Å²) in [4.78, 5) is 28.1. The van der Waals surface area contributed by atoms with Crippen LogP contribution in [0.3, 0.4) is 0 Å². The third-order valence-corrected chi connectivity index (χ3v) is 6.14. The van der Waals surface area contributed by atoms with Crippen LogP contribution in [0.2, 0.25) is 10.0 Å². The van der Waals surface area contributed by atoms with Crippen molar-refractivity contribution in [1.29, 1.82) is 0 Å². The summed E-state index contributed by atoms with van der Waals surface area (Å²) in [5, 5.41) is 2.62. The summed E-state index contributed by atoms with van der Waals surface area (Å²) in [5.41, 5.74) is 1.91. The molecule has 1 aliphatic carbocycles. The Balaban J connectivity index is 1.60. The number of nitrogens with one attached hydrogen (secondary N) is 1. The molecule has 1 N–H and O–H groups in total. The summed E-state index contributed by atoms with van der Waals surface area (Å²) in [6.45, 7) is 0. The fourth-order valence-corrected chi connectivity index (χ4v) is 4.79. The number of amides is 2. The maximum atomic E-state index is 12.0. The molecule has 0 bridgehead atoms. The zero-order chi connectivity index (χ0) is 18.3. The normalized spacial score (nSPS) is 22.1. The Morgan fingerprint density at radius 2 is 2.08 bits per heavy atom. The van der Waals surface area contributed by atoms with Crippen LogP contribution in [-0.2, 0) is 11.2 Å². The van der Waals surface area contributed by atoms with Crippen LogP contribution in [0, 0.1) is 0 Å². The Kier molecular flexibility index (Phi) is 4.82. The predicted molar refractivity (Wildman–Crippen MR) is 101 cm³/mol. The van der Waals surface area contributed by atoms with Crippen molar-refractivity contribution < 1.29 is 14.3 Å². The molecule has 5 nitrogen and oxygen atoms in total. The van der Waals surface area contributed by atoms with Crippen LogP contribution in [0.4, 0.5) is 4.79 Å². The minimum Gasteiger partial charge on any atom is -0.454 e. The van der Waals surface area contributed by atoms with Gasteiger partial charge in [0.2, 0.25) is 5.91 Å². The highest BCUT2D eigenvalue weighted by Gasteiger charge is 2.41. The first-order valence-corrected chi connectivity index (χ1v) is 9.78.